The molecule has 0 amide bonds. The summed E-state index contributed by atoms with van der Waals surface area (Å²) in [6.07, 6.45) is 9.51. The van der Waals surface area contributed by atoms with Gasteiger partial charge in [-0.25, -0.2) is 0 Å². The minimum absolute atomic E-state index is 0.707. The first kappa shape index (κ1) is 19.8. The van der Waals surface area contributed by atoms with Crippen LogP contribution in [0.25, 0.3) is 10.8 Å². The highest BCUT2D eigenvalue weighted by atomic mass is 16.5. The fourth-order valence-electron chi connectivity index (χ4n) is 4.62. The van der Waals surface area contributed by atoms with Gasteiger partial charge >= 0.3 is 0 Å². The minimum Gasteiger partial charge on any atom is -0.494 e. The first-order valence-corrected chi connectivity index (χ1v) is 11.1. The maximum Gasteiger partial charge on any atom is 0.119 e. The molecule has 1 saturated carbocycles. The summed E-state index contributed by atoms with van der Waals surface area (Å²) in [5.74, 6) is 2.42. The maximum atomic E-state index is 5.61. The van der Waals surface area contributed by atoms with Crippen LogP contribution in [0.1, 0.15) is 55.2 Å². The third-order valence-corrected chi connectivity index (χ3v) is 6.45. The summed E-state index contributed by atoms with van der Waals surface area (Å²) in [7, 11) is 0. The van der Waals surface area contributed by atoms with E-state index < -0.39 is 0 Å². The second-order valence-corrected chi connectivity index (χ2v) is 8.37. The lowest BCUT2D eigenvalue weighted by atomic mass is 9.78. The molecule has 1 heteroatoms. The molecule has 0 N–H and O–H groups in total. The van der Waals surface area contributed by atoms with Gasteiger partial charge in [-0.3, -0.25) is 0 Å². The lowest BCUT2D eigenvalue weighted by Gasteiger charge is -2.27. The second kappa shape index (κ2) is 9.31. The van der Waals surface area contributed by atoms with E-state index in [-0.39, 0.29) is 0 Å². The molecule has 3 aromatic rings. The zero-order valence-corrected chi connectivity index (χ0v) is 17.6. The first-order valence-electron chi connectivity index (χ1n) is 11.1. The van der Waals surface area contributed by atoms with Crippen LogP contribution in [0.4, 0.5) is 0 Å². The molecule has 0 radical (unpaired) electrons. The van der Waals surface area contributed by atoms with Crippen LogP contribution in [0.2, 0.25) is 0 Å². The van der Waals surface area contributed by atoms with E-state index >= 15 is 0 Å². The Morgan fingerprint density at radius 2 is 1.48 bits per heavy atom. The van der Waals surface area contributed by atoms with Gasteiger partial charge in [0.15, 0.2) is 0 Å². The molecule has 1 nitrogen and oxygen atoms in total. The van der Waals surface area contributed by atoms with E-state index in [0.29, 0.717) is 6.61 Å². The van der Waals surface area contributed by atoms with E-state index in [4.69, 9.17) is 4.74 Å². The van der Waals surface area contributed by atoms with Crippen molar-refractivity contribution in [2.45, 2.75) is 51.4 Å². The minimum atomic E-state index is 0.707. The zero-order valence-electron chi connectivity index (χ0n) is 17.6. The smallest absolute Gasteiger partial charge is 0.119 e. The van der Waals surface area contributed by atoms with E-state index in [1.165, 1.54) is 53.1 Å². The van der Waals surface area contributed by atoms with Gasteiger partial charge in [0.05, 0.1) is 6.61 Å². The highest BCUT2D eigenvalue weighted by Crippen LogP contribution is 2.36. The summed E-state index contributed by atoms with van der Waals surface area (Å²) < 4.78 is 5.61. The topological polar surface area (TPSA) is 9.23 Å². The fourth-order valence-corrected chi connectivity index (χ4v) is 4.62. The number of hydrogen-bond donors (Lipinski definition) is 0. The number of ether oxygens (including phenoxy) is 1. The van der Waals surface area contributed by atoms with E-state index in [1.807, 2.05) is 6.92 Å². The molecule has 0 aliphatic heterocycles. The average Bonchev–Trinajstić information content (AvgIpc) is 2.78. The molecule has 1 aliphatic rings. The van der Waals surface area contributed by atoms with Crippen LogP contribution in [0.5, 0.6) is 5.75 Å². The van der Waals surface area contributed by atoms with Gasteiger partial charge < -0.3 is 4.74 Å². The van der Waals surface area contributed by atoms with Crippen LogP contribution >= 0.6 is 0 Å². The molecule has 4 rings (SSSR count). The fraction of sp³-hybridized carbons (Fsp3) is 0.357. The van der Waals surface area contributed by atoms with Crippen LogP contribution in [0.3, 0.4) is 0 Å². The van der Waals surface area contributed by atoms with Crippen molar-refractivity contribution >= 4 is 10.8 Å². The quantitative estimate of drug-likeness (QED) is 0.384. The summed E-state index contributed by atoms with van der Waals surface area (Å²) in [6.45, 7) is 6.69. The van der Waals surface area contributed by atoms with Gasteiger partial charge in [-0.1, -0.05) is 54.6 Å². The molecule has 0 heterocycles. The molecular formula is C28H32O. The molecule has 1 fully saturated rings. The molecule has 0 unspecified atom stereocenters. The van der Waals surface area contributed by atoms with Gasteiger partial charge in [-0.2, -0.15) is 0 Å². The average molecular weight is 385 g/mol. The molecule has 0 saturated heterocycles. The Balaban J connectivity index is 1.36. The number of aryl methyl sites for hydroxylation is 2. The lowest BCUT2D eigenvalue weighted by Crippen LogP contribution is -2.11. The highest BCUT2D eigenvalue weighted by molar-refractivity contribution is 5.84. The normalized spacial score (nSPS) is 19.2. The van der Waals surface area contributed by atoms with E-state index in [1.54, 1.807) is 0 Å². The zero-order chi connectivity index (χ0) is 20.1. The largest absolute Gasteiger partial charge is 0.494 e. The molecule has 0 atom stereocenters. The predicted octanol–water partition coefficient (Wildman–Crippen LogP) is 7.48. The first-order chi connectivity index (χ1) is 14.2. The van der Waals surface area contributed by atoms with Crippen molar-refractivity contribution in [2.75, 3.05) is 6.61 Å². The van der Waals surface area contributed by atoms with Crippen LogP contribution < -0.4 is 4.74 Å². The Labute approximate surface area is 175 Å². The van der Waals surface area contributed by atoms with Crippen molar-refractivity contribution in [1.82, 2.24) is 0 Å². The summed E-state index contributed by atoms with van der Waals surface area (Å²) in [6, 6.07) is 22.6. The predicted molar refractivity (Wildman–Crippen MR) is 124 cm³/mol. The molecule has 150 valence electrons. The number of benzene rings is 3. The Kier molecular flexibility index (Phi) is 6.34. The monoisotopic (exact) mass is 384 g/mol. The summed E-state index contributed by atoms with van der Waals surface area (Å²) in [5, 5.41) is 2.53. The van der Waals surface area contributed by atoms with Crippen LogP contribution in [-0.4, -0.2) is 6.61 Å². The van der Waals surface area contributed by atoms with Gasteiger partial charge in [0.25, 0.3) is 0 Å². The van der Waals surface area contributed by atoms with Gasteiger partial charge in [-0.15, -0.1) is 6.58 Å². The summed E-state index contributed by atoms with van der Waals surface area (Å²) in [4.78, 5) is 0. The van der Waals surface area contributed by atoms with Crippen LogP contribution in [-0.2, 0) is 12.8 Å². The van der Waals surface area contributed by atoms with Gasteiger partial charge in [0.2, 0.25) is 0 Å². The Morgan fingerprint density at radius 3 is 2.21 bits per heavy atom. The van der Waals surface area contributed by atoms with Crippen molar-refractivity contribution in [2.24, 2.45) is 5.92 Å². The van der Waals surface area contributed by atoms with E-state index in [0.717, 1.165) is 30.4 Å². The molecule has 0 bridgehead atoms. The van der Waals surface area contributed by atoms with Gasteiger partial charge in [0, 0.05) is 0 Å². The molecule has 1 aliphatic carbocycles. The lowest BCUT2D eigenvalue weighted by molar-refractivity contribution is 0.341. The second-order valence-electron chi connectivity index (χ2n) is 8.37. The van der Waals surface area contributed by atoms with E-state index in [2.05, 4.69) is 73.3 Å². The molecule has 29 heavy (non-hydrogen) atoms. The summed E-state index contributed by atoms with van der Waals surface area (Å²) >= 11 is 0. The molecule has 0 aromatic heterocycles. The van der Waals surface area contributed by atoms with Crippen LogP contribution in [0.15, 0.2) is 73.3 Å². The molecule has 3 aromatic carbocycles. The summed E-state index contributed by atoms with van der Waals surface area (Å²) in [5.41, 5.74) is 4.35. The van der Waals surface area contributed by atoms with E-state index in [9.17, 15) is 0 Å². The van der Waals surface area contributed by atoms with Crippen molar-refractivity contribution in [3.8, 4) is 5.75 Å². The number of hydrogen-bond acceptors (Lipinski definition) is 1. The Hall–Kier alpha value is -2.54. The SMILES string of the molecule is C=CC1CCC(c2ccc(CCc3ccc4cc(OCC)ccc4c3)cc2)CC1. The van der Waals surface area contributed by atoms with Crippen molar-refractivity contribution < 1.29 is 4.74 Å². The van der Waals surface area contributed by atoms with Crippen LogP contribution in [0, 0.1) is 5.92 Å². The highest BCUT2D eigenvalue weighted by Gasteiger charge is 2.20. The van der Waals surface area contributed by atoms with Crippen molar-refractivity contribution in [3.05, 3.63) is 90.0 Å². The van der Waals surface area contributed by atoms with Crippen molar-refractivity contribution in [1.29, 1.82) is 0 Å². The molecular weight excluding hydrogens is 352 g/mol. The third-order valence-electron chi connectivity index (χ3n) is 6.45. The number of allylic oxidation sites excluding steroid dienone is 1. The van der Waals surface area contributed by atoms with Gasteiger partial charge in [0.1, 0.15) is 5.75 Å². The third kappa shape index (κ3) is 4.90. The number of rotatable bonds is 7. The standard InChI is InChI=1S/C28H32O/c1-3-21-7-12-24(13-8-21)25-14-9-22(10-15-25)5-6-23-11-16-27-20-28(29-4-2)18-17-26(27)19-23/h3,9-11,14-21,24H,1,4-8,12-13H2,2H3. The Bertz CT molecular complexity index is 946. The van der Waals surface area contributed by atoms with Crippen molar-refractivity contribution in [3.63, 3.8) is 0 Å². The molecule has 0 spiro atoms. The van der Waals surface area contributed by atoms with Gasteiger partial charge in [-0.05, 0) is 96.9 Å². The number of fused-ring (bicyclic) bond motifs is 1. The Morgan fingerprint density at radius 1 is 0.828 bits per heavy atom. The maximum absolute atomic E-state index is 5.61.